The van der Waals surface area contributed by atoms with Crippen molar-refractivity contribution in [3.8, 4) is 0 Å². The summed E-state index contributed by atoms with van der Waals surface area (Å²) in [5.41, 5.74) is 3.00. The van der Waals surface area contributed by atoms with E-state index in [4.69, 9.17) is 5.41 Å². The van der Waals surface area contributed by atoms with Crippen molar-refractivity contribution in [1.29, 1.82) is 5.41 Å². The molecule has 0 spiro atoms. The van der Waals surface area contributed by atoms with Crippen LogP contribution in [0.1, 0.15) is 20.3 Å². The second kappa shape index (κ2) is 3.37. The highest BCUT2D eigenvalue weighted by molar-refractivity contribution is 5.96. The van der Waals surface area contributed by atoms with Gasteiger partial charge in [0.1, 0.15) is 0 Å². The summed E-state index contributed by atoms with van der Waals surface area (Å²) in [5.74, 6) is 0. The Hall–Kier alpha value is -1.05. The largest absolute Gasteiger partial charge is 0.384 e. The third kappa shape index (κ3) is 1.93. The van der Waals surface area contributed by atoms with Gasteiger partial charge >= 0.3 is 0 Å². The van der Waals surface area contributed by atoms with Crippen molar-refractivity contribution in [2.45, 2.75) is 20.3 Å². The van der Waals surface area contributed by atoms with Crippen LogP contribution < -0.4 is 5.32 Å². The van der Waals surface area contributed by atoms with Crippen LogP contribution in [0.25, 0.3) is 0 Å². The topological polar surface area (TPSA) is 35.9 Å². The highest BCUT2D eigenvalue weighted by atomic mass is 14.9. The van der Waals surface area contributed by atoms with Gasteiger partial charge in [-0.25, -0.2) is 0 Å². The number of allylic oxidation sites excluding steroid dienone is 3. The average Bonchev–Trinajstić information content (AvgIpc) is 2.05. The maximum Gasteiger partial charge on any atom is 0.0415 e. The van der Waals surface area contributed by atoms with Gasteiger partial charge in [0.2, 0.25) is 0 Å². The van der Waals surface area contributed by atoms with Crippen LogP contribution in [-0.2, 0) is 0 Å². The Morgan fingerprint density at radius 2 is 2.36 bits per heavy atom. The van der Waals surface area contributed by atoms with E-state index in [1.165, 1.54) is 5.70 Å². The van der Waals surface area contributed by atoms with E-state index < -0.39 is 0 Å². The van der Waals surface area contributed by atoms with Crippen LogP contribution in [0, 0.1) is 5.41 Å². The highest BCUT2D eigenvalue weighted by Crippen LogP contribution is 2.06. The molecule has 60 valence electrons. The van der Waals surface area contributed by atoms with Gasteiger partial charge in [0.15, 0.2) is 0 Å². The van der Waals surface area contributed by atoms with E-state index in [0.29, 0.717) is 5.71 Å². The summed E-state index contributed by atoms with van der Waals surface area (Å²) in [6.45, 7) is 4.75. The number of hydrogen-bond donors (Lipinski definition) is 2. The van der Waals surface area contributed by atoms with Gasteiger partial charge in [-0.05, 0) is 25.0 Å². The minimum atomic E-state index is 0.656. The lowest BCUT2D eigenvalue weighted by atomic mass is 10.1. The van der Waals surface area contributed by atoms with E-state index in [9.17, 15) is 0 Å². The van der Waals surface area contributed by atoms with Crippen molar-refractivity contribution < 1.29 is 0 Å². The summed E-state index contributed by atoms with van der Waals surface area (Å²) in [5, 5.41) is 10.6. The Bertz CT molecular complexity index is 224. The van der Waals surface area contributed by atoms with E-state index in [1.54, 1.807) is 0 Å². The molecule has 1 heterocycles. The Labute approximate surface area is 67.5 Å². The summed E-state index contributed by atoms with van der Waals surface area (Å²) in [6.07, 6.45) is 5.12. The monoisotopic (exact) mass is 150 g/mol. The molecule has 2 N–H and O–H groups in total. The van der Waals surface area contributed by atoms with Crippen LogP contribution in [0.4, 0.5) is 0 Å². The molecule has 0 atom stereocenters. The Kier molecular flexibility index (Phi) is 2.47. The summed E-state index contributed by atoms with van der Waals surface area (Å²) in [7, 11) is 0. The van der Waals surface area contributed by atoms with E-state index in [-0.39, 0.29) is 0 Å². The molecule has 2 nitrogen and oxygen atoms in total. The first-order chi connectivity index (χ1) is 5.24. The zero-order valence-corrected chi connectivity index (χ0v) is 7.07. The van der Waals surface area contributed by atoms with Crippen molar-refractivity contribution in [1.82, 2.24) is 5.32 Å². The molecule has 0 bridgehead atoms. The lowest BCUT2D eigenvalue weighted by molar-refractivity contribution is 0.819. The van der Waals surface area contributed by atoms with Crippen LogP contribution in [0.2, 0.25) is 0 Å². The van der Waals surface area contributed by atoms with Crippen molar-refractivity contribution in [2.75, 3.05) is 6.54 Å². The summed E-state index contributed by atoms with van der Waals surface area (Å²) >= 11 is 0. The van der Waals surface area contributed by atoms with Crippen LogP contribution >= 0.6 is 0 Å². The second-order valence-electron chi connectivity index (χ2n) is 2.72. The number of hydrogen-bond acceptors (Lipinski definition) is 2. The zero-order chi connectivity index (χ0) is 8.27. The maximum absolute atomic E-state index is 7.37. The molecule has 0 fully saturated rings. The maximum atomic E-state index is 7.37. The summed E-state index contributed by atoms with van der Waals surface area (Å²) in [4.78, 5) is 0. The molecule has 0 amide bonds. The molecule has 0 unspecified atom stereocenters. The third-order valence-corrected chi connectivity index (χ3v) is 1.85. The average molecular weight is 150 g/mol. The molecule has 0 radical (unpaired) electrons. The second-order valence-corrected chi connectivity index (χ2v) is 2.72. The van der Waals surface area contributed by atoms with Crippen molar-refractivity contribution >= 4 is 5.71 Å². The number of rotatable bonds is 2. The third-order valence-electron chi connectivity index (χ3n) is 1.85. The summed E-state index contributed by atoms with van der Waals surface area (Å²) < 4.78 is 0. The minimum absolute atomic E-state index is 0.656. The van der Waals surface area contributed by atoms with Crippen molar-refractivity contribution in [3.05, 3.63) is 23.4 Å². The van der Waals surface area contributed by atoms with Gasteiger partial charge in [-0.15, -0.1) is 0 Å². The van der Waals surface area contributed by atoms with Gasteiger partial charge in [-0.3, -0.25) is 0 Å². The molecule has 1 rings (SSSR count). The molecule has 0 aromatic rings. The fourth-order valence-corrected chi connectivity index (χ4v) is 1.03. The van der Waals surface area contributed by atoms with Gasteiger partial charge in [0.05, 0.1) is 0 Å². The normalized spacial score (nSPS) is 16.5. The molecule has 11 heavy (non-hydrogen) atoms. The first-order valence-electron chi connectivity index (χ1n) is 3.93. The van der Waals surface area contributed by atoms with Crippen LogP contribution in [0.15, 0.2) is 23.4 Å². The van der Waals surface area contributed by atoms with Gasteiger partial charge in [0.25, 0.3) is 0 Å². The molecular weight excluding hydrogens is 136 g/mol. The molecule has 1 aliphatic heterocycles. The van der Waals surface area contributed by atoms with Crippen molar-refractivity contribution in [3.63, 3.8) is 0 Å². The van der Waals surface area contributed by atoms with Gasteiger partial charge < -0.3 is 10.7 Å². The van der Waals surface area contributed by atoms with E-state index in [1.807, 2.05) is 13.0 Å². The molecular formula is C9H14N2. The van der Waals surface area contributed by atoms with Crippen LogP contribution in [0.5, 0.6) is 0 Å². The standard InChI is InChI=1S/C9H14N2/c1-3-9-5-4-8(6-11-9)7(2)10/h4-5,10-11H,3,6H2,1-2H3. The van der Waals surface area contributed by atoms with E-state index in [2.05, 4.69) is 18.3 Å². The van der Waals surface area contributed by atoms with Gasteiger partial charge in [0, 0.05) is 18.0 Å². The molecule has 0 aromatic heterocycles. The fraction of sp³-hybridized carbons (Fsp3) is 0.444. The molecule has 0 saturated heterocycles. The Morgan fingerprint density at radius 3 is 2.73 bits per heavy atom. The van der Waals surface area contributed by atoms with E-state index in [0.717, 1.165) is 18.5 Å². The lowest BCUT2D eigenvalue weighted by Gasteiger charge is -2.15. The van der Waals surface area contributed by atoms with Gasteiger partial charge in [-0.2, -0.15) is 0 Å². The number of nitrogens with one attached hydrogen (secondary N) is 2. The fourth-order valence-electron chi connectivity index (χ4n) is 1.03. The highest BCUT2D eigenvalue weighted by Gasteiger charge is 2.04. The van der Waals surface area contributed by atoms with Crippen LogP contribution in [0.3, 0.4) is 0 Å². The molecule has 0 saturated carbocycles. The lowest BCUT2D eigenvalue weighted by Crippen LogP contribution is -2.21. The summed E-state index contributed by atoms with van der Waals surface area (Å²) in [6, 6.07) is 0. The molecule has 2 heteroatoms. The molecule has 0 aliphatic carbocycles. The first kappa shape index (κ1) is 8.05. The van der Waals surface area contributed by atoms with Crippen molar-refractivity contribution in [2.24, 2.45) is 0 Å². The van der Waals surface area contributed by atoms with Crippen LogP contribution in [-0.4, -0.2) is 12.3 Å². The Morgan fingerprint density at radius 1 is 1.64 bits per heavy atom. The predicted octanol–water partition coefficient (Wildman–Crippen LogP) is 1.85. The molecule has 0 aromatic carbocycles. The quantitative estimate of drug-likeness (QED) is 0.579. The zero-order valence-electron chi connectivity index (χ0n) is 7.07. The molecule has 1 aliphatic rings. The minimum Gasteiger partial charge on any atom is -0.384 e. The van der Waals surface area contributed by atoms with Gasteiger partial charge in [-0.1, -0.05) is 13.0 Å². The number of dihydropyridines is 1. The van der Waals surface area contributed by atoms with E-state index >= 15 is 0 Å². The SMILES string of the molecule is CCC1=CC=C(C(C)=N)CN1. The first-order valence-corrected chi connectivity index (χ1v) is 3.93. The smallest absolute Gasteiger partial charge is 0.0415 e. The predicted molar refractivity (Wildman–Crippen MR) is 47.9 cm³/mol. The Balaban J connectivity index is 2.69.